The predicted molar refractivity (Wildman–Crippen MR) is 75.0 cm³/mol. The maximum absolute atomic E-state index is 11.4. The minimum atomic E-state index is -0.713. The van der Waals surface area contributed by atoms with Gasteiger partial charge in [0.2, 0.25) is 0 Å². The fraction of sp³-hybridized carbons (Fsp3) is 0.562. The van der Waals surface area contributed by atoms with Crippen LogP contribution in [-0.4, -0.2) is 11.1 Å². The first kappa shape index (κ1) is 14.7. The van der Waals surface area contributed by atoms with Gasteiger partial charge in [-0.2, -0.15) is 0 Å². The maximum atomic E-state index is 11.4. The van der Waals surface area contributed by atoms with E-state index in [4.69, 9.17) is 0 Å². The summed E-state index contributed by atoms with van der Waals surface area (Å²) in [4.78, 5) is 11.4. The summed E-state index contributed by atoms with van der Waals surface area (Å²) in [5, 5.41) is 9.35. The van der Waals surface area contributed by atoms with Crippen LogP contribution in [-0.2, 0) is 10.2 Å². The fourth-order valence-corrected chi connectivity index (χ4v) is 2.06. The van der Waals surface area contributed by atoms with Crippen LogP contribution in [0.1, 0.15) is 64.0 Å². The second-order valence-corrected chi connectivity index (χ2v) is 5.91. The van der Waals surface area contributed by atoms with Gasteiger partial charge in [-0.25, -0.2) is 0 Å². The lowest BCUT2D eigenvalue weighted by molar-refractivity contribution is -0.139. The summed E-state index contributed by atoms with van der Waals surface area (Å²) >= 11 is 0. The van der Waals surface area contributed by atoms with Crippen LogP contribution in [0.3, 0.4) is 0 Å². The fourth-order valence-electron chi connectivity index (χ4n) is 2.06. The lowest BCUT2D eigenvalue weighted by atomic mass is 9.83. The summed E-state index contributed by atoms with van der Waals surface area (Å²) in [6.45, 7) is 8.53. The average molecular weight is 248 g/mol. The Bertz CT molecular complexity index is 402. The summed E-state index contributed by atoms with van der Waals surface area (Å²) < 4.78 is 0. The number of carboxylic acid groups (broad SMARTS) is 1. The van der Waals surface area contributed by atoms with Crippen molar-refractivity contribution in [3.63, 3.8) is 0 Å². The van der Waals surface area contributed by atoms with Crippen molar-refractivity contribution in [3.05, 3.63) is 35.4 Å². The summed E-state index contributed by atoms with van der Waals surface area (Å²) in [5.74, 6) is -1.08. The molecule has 0 saturated heterocycles. The lowest BCUT2D eigenvalue weighted by Crippen LogP contribution is -2.15. The van der Waals surface area contributed by atoms with Gasteiger partial charge in [0, 0.05) is 0 Å². The molecule has 0 aliphatic carbocycles. The van der Waals surface area contributed by atoms with Crippen molar-refractivity contribution in [1.29, 1.82) is 0 Å². The van der Waals surface area contributed by atoms with Crippen molar-refractivity contribution >= 4 is 5.97 Å². The van der Waals surface area contributed by atoms with Crippen molar-refractivity contribution in [2.75, 3.05) is 0 Å². The van der Waals surface area contributed by atoms with Gasteiger partial charge >= 0.3 is 5.97 Å². The zero-order valence-electron chi connectivity index (χ0n) is 11.9. The monoisotopic (exact) mass is 248 g/mol. The van der Waals surface area contributed by atoms with Crippen LogP contribution < -0.4 is 0 Å². The number of hydrogen-bond donors (Lipinski definition) is 1. The molecule has 0 aliphatic heterocycles. The van der Waals surface area contributed by atoms with E-state index in [-0.39, 0.29) is 11.3 Å². The zero-order valence-corrected chi connectivity index (χ0v) is 11.9. The van der Waals surface area contributed by atoms with E-state index < -0.39 is 5.97 Å². The Morgan fingerprint density at radius 3 is 2.50 bits per heavy atom. The van der Waals surface area contributed by atoms with Gasteiger partial charge in [-0.15, -0.1) is 0 Å². The standard InChI is InChI=1S/C16H24O2/c1-5-6-10-14(15(17)18)12-8-7-9-13(11-12)16(2,3)4/h7-9,11,14H,5-6,10H2,1-4H3,(H,17,18). The zero-order chi connectivity index (χ0) is 13.8. The molecule has 1 rings (SSSR count). The normalized spacial score (nSPS) is 13.3. The number of carbonyl (C=O) groups is 1. The molecule has 0 amide bonds. The molecule has 1 aromatic rings. The summed E-state index contributed by atoms with van der Waals surface area (Å²) in [6.07, 6.45) is 2.71. The van der Waals surface area contributed by atoms with Crippen molar-refractivity contribution < 1.29 is 9.90 Å². The van der Waals surface area contributed by atoms with Gasteiger partial charge in [0.25, 0.3) is 0 Å². The largest absolute Gasteiger partial charge is 0.481 e. The van der Waals surface area contributed by atoms with E-state index in [1.54, 1.807) is 0 Å². The Morgan fingerprint density at radius 1 is 1.33 bits per heavy atom. The Labute approximate surface area is 110 Å². The van der Waals surface area contributed by atoms with Crippen LogP contribution in [0.15, 0.2) is 24.3 Å². The molecule has 0 fully saturated rings. The highest BCUT2D eigenvalue weighted by Gasteiger charge is 2.21. The maximum Gasteiger partial charge on any atom is 0.310 e. The topological polar surface area (TPSA) is 37.3 Å². The Kier molecular flexibility index (Phi) is 4.94. The first-order valence-electron chi connectivity index (χ1n) is 6.69. The van der Waals surface area contributed by atoms with Crippen LogP contribution in [0.2, 0.25) is 0 Å². The molecule has 0 spiro atoms. The first-order chi connectivity index (χ1) is 8.36. The molecule has 1 atom stereocenters. The molecule has 1 unspecified atom stereocenters. The second kappa shape index (κ2) is 6.03. The Morgan fingerprint density at radius 2 is 2.00 bits per heavy atom. The molecule has 100 valence electrons. The molecule has 0 radical (unpaired) electrons. The number of hydrogen-bond acceptors (Lipinski definition) is 1. The molecule has 0 aromatic heterocycles. The minimum Gasteiger partial charge on any atom is -0.481 e. The third-order valence-electron chi connectivity index (χ3n) is 3.30. The van der Waals surface area contributed by atoms with Crippen LogP contribution in [0.4, 0.5) is 0 Å². The van der Waals surface area contributed by atoms with Crippen molar-refractivity contribution in [2.45, 2.75) is 58.3 Å². The number of carboxylic acids is 1. The van der Waals surface area contributed by atoms with Crippen molar-refractivity contribution in [1.82, 2.24) is 0 Å². The summed E-state index contributed by atoms with van der Waals surface area (Å²) in [6, 6.07) is 8.03. The molecular formula is C16H24O2. The first-order valence-corrected chi connectivity index (χ1v) is 6.69. The Hall–Kier alpha value is -1.31. The lowest BCUT2D eigenvalue weighted by Gasteiger charge is -2.21. The smallest absolute Gasteiger partial charge is 0.310 e. The van der Waals surface area contributed by atoms with E-state index in [1.807, 2.05) is 12.1 Å². The molecule has 2 heteroatoms. The molecule has 1 aromatic carbocycles. The van der Waals surface area contributed by atoms with Gasteiger partial charge in [-0.1, -0.05) is 64.8 Å². The summed E-state index contributed by atoms with van der Waals surface area (Å²) in [7, 11) is 0. The quantitative estimate of drug-likeness (QED) is 0.841. The molecule has 18 heavy (non-hydrogen) atoms. The Balaban J connectivity index is 3.02. The second-order valence-electron chi connectivity index (χ2n) is 5.91. The van der Waals surface area contributed by atoms with E-state index in [0.29, 0.717) is 0 Å². The van der Waals surface area contributed by atoms with Crippen LogP contribution in [0.5, 0.6) is 0 Å². The number of aliphatic carboxylic acids is 1. The van der Waals surface area contributed by atoms with Gasteiger partial charge in [-0.3, -0.25) is 4.79 Å². The van der Waals surface area contributed by atoms with E-state index in [2.05, 4.69) is 39.8 Å². The van der Waals surface area contributed by atoms with E-state index in [9.17, 15) is 9.90 Å². The molecule has 0 heterocycles. The average Bonchev–Trinajstić information content (AvgIpc) is 2.28. The number of unbranched alkanes of at least 4 members (excludes halogenated alkanes) is 1. The van der Waals surface area contributed by atoms with Crippen LogP contribution in [0.25, 0.3) is 0 Å². The van der Waals surface area contributed by atoms with Gasteiger partial charge < -0.3 is 5.11 Å². The third-order valence-corrected chi connectivity index (χ3v) is 3.30. The predicted octanol–water partition coefficient (Wildman–Crippen LogP) is 4.34. The molecule has 0 saturated carbocycles. The van der Waals surface area contributed by atoms with Gasteiger partial charge in [0.05, 0.1) is 5.92 Å². The van der Waals surface area contributed by atoms with E-state index in [1.165, 1.54) is 5.56 Å². The van der Waals surface area contributed by atoms with Crippen LogP contribution in [0, 0.1) is 0 Å². The minimum absolute atomic E-state index is 0.0593. The molecular weight excluding hydrogens is 224 g/mol. The van der Waals surface area contributed by atoms with E-state index >= 15 is 0 Å². The molecule has 1 N–H and O–H groups in total. The van der Waals surface area contributed by atoms with Gasteiger partial charge in [-0.05, 0) is 23.0 Å². The van der Waals surface area contributed by atoms with E-state index in [0.717, 1.165) is 24.8 Å². The van der Waals surface area contributed by atoms with Crippen LogP contribution >= 0.6 is 0 Å². The molecule has 0 bridgehead atoms. The molecule has 0 aliphatic rings. The number of benzene rings is 1. The van der Waals surface area contributed by atoms with Gasteiger partial charge in [0.1, 0.15) is 0 Å². The highest BCUT2D eigenvalue weighted by atomic mass is 16.4. The van der Waals surface area contributed by atoms with Gasteiger partial charge in [0.15, 0.2) is 0 Å². The highest BCUT2D eigenvalue weighted by Crippen LogP contribution is 2.28. The van der Waals surface area contributed by atoms with Crippen molar-refractivity contribution in [2.24, 2.45) is 0 Å². The number of rotatable bonds is 5. The highest BCUT2D eigenvalue weighted by molar-refractivity contribution is 5.76. The van der Waals surface area contributed by atoms with Crippen molar-refractivity contribution in [3.8, 4) is 0 Å². The summed E-state index contributed by atoms with van der Waals surface area (Å²) in [5.41, 5.74) is 2.19. The SMILES string of the molecule is CCCCC(C(=O)O)c1cccc(C(C)(C)C)c1. The third kappa shape index (κ3) is 3.86. The molecule has 2 nitrogen and oxygen atoms in total.